The number of amides is 1. The van der Waals surface area contributed by atoms with Crippen LogP contribution in [0, 0.1) is 5.21 Å². The molecule has 0 spiro atoms. The summed E-state index contributed by atoms with van der Waals surface area (Å²) in [4.78, 5) is 12.4. The zero-order valence-electron chi connectivity index (χ0n) is 14.1. The van der Waals surface area contributed by atoms with E-state index in [0.29, 0.717) is 16.0 Å². The van der Waals surface area contributed by atoms with Crippen molar-refractivity contribution in [1.29, 1.82) is 0 Å². The van der Waals surface area contributed by atoms with E-state index in [1.165, 1.54) is 18.3 Å². The van der Waals surface area contributed by atoms with Crippen molar-refractivity contribution in [1.82, 2.24) is 5.32 Å². The van der Waals surface area contributed by atoms with Crippen LogP contribution in [0.25, 0.3) is 11.1 Å². The van der Waals surface area contributed by atoms with Crippen molar-refractivity contribution in [3.63, 3.8) is 0 Å². The minimum atomic E-state index is -2.87. The highest BCUT2D eigenvalue weighted by molar-refractivity contribution is 5.95. The first-order chi connectivity index (χ1) is 13.0. The number of nitrogens with zero attached hydrogens (tertiary/aromatic N) is 1. The number of carbonyl (C=O) groups excluding carboxylic acids is 1. The van der Waals surface area contributed by atoms with Gasteiger partial charge in [0.2, 0.25) is 5.69 Å². The highest BCUT2D eigenvalue weighted by Gasteiger charge is 2.10. The molecule has 0 aliphatic heterocycles. The number of halogens is 2. The van der Waals surface area contributed by atoms with Crippen LogP contribution in [0.4, 0.5) is 8.78 Å². The lowest BCUT2D eigenvalue weighted by Gasteiger charge is -2.09. The number of ether oxygens (including phenoxy) is 1. The molecule has 0 atom stereocenters. The van der Waals surface area contributed by atoms with Crippen molar-refractivity contribution in [3.8, 4) is 16.9 Å². The molecular formula is C20H16F2N2O3. The molecule has 1 N–H and O–H groups in total. The predicted octanol–water partition coefficient (Wildman–Crippen LogP) is 3.52. The van der Waals surface area contributed by atoms with E-state index < -0.39 is 6.61 Å². The number of carbonyl (C=O) groups is 1. The summed E-state index contributed by atoms with van der Waals surface area (Å²) < 4.78 is 29.5. The van der Waals surface area contributed by atoms with Gasteiger partial charge in [0.1, 0.15) is 12.3 Å². The van der Waals surface area contributed by atoms with Crippen molar-refractivity contribution in [3.05, 3.63) is 89.4 Å². The maximum absolute atomic E-state index is 12.4. The molecule has 7 heteroatoms. The number of alkyl halides is 2. The molecular weight excluding hydrogens is 354 g/mol. The molecule has 2 aromatic carbocycles. The van der Waals surface area contributed by atoms with Crippen LogP contribution in [0.5, 0.6) is 5.75 Å². The lowest BCUT2D eigenvalue weighted by atomic mass is 10.0. The van der Waals surface area contributed by atoms with Gasteiger partial charge in [-0.3, -0.25) is 4.79 Å². The van der Waals surface area contributed by atoms with Crippen molar-refractivity contribution in [2.45, 2.75) is 13.2 Å². The Balaban J connectivity index is 1.71. The second-order valence-electron chi connectivity index (χ2n) is 5.68. The van der Waals surface area contributed by atoms with Gasteiger partial charge in [0.25, 0.3) is 5.91 Å². The van der Waals surface area contributed by atoms with Crippen LogP contribution in [-0.2, 0) is 6.54 Å². The van der Waals surface area contributed by atoms with E-state index in [0.717, 1.165) is 11.1 Å². The summed E-state index contributed by atoms with van der Waals surface area (Å²) in [6.07, 6.45) is 1.36. The summed E-state index contributed by atoms with van der Waals surface area (Å²) in [5, 5.41) is 14.3. The van der Waals surface area contributed by atoms with E-state index in [9.17, 15) is 18.8 Å². The van der Waals surface area contributed by atoms with E-state index in [4.69, 9.17) is 0 Å². The van der Waals surface area contributed by atoms with Crippen LogP contribution < -0.4 is 14.8 Å². The van der Waals surface area contributed by atoms with Crippen LogP contribution in [0.1, 0.15) is 16.1 Å². The predicted molar refractivity (Wildman–Crippen MR) is 95.1 cm³/mol. The zero-order chi connectivity index (χ0) is 19.2. The Bertz CT molecular complexity index is 931. The Kier molecular flexibility index (Phi) is 5.61. The first-order valence-corrected chi connectivity index (χ1v) is 8.13. The molecule has 0 fully saturated rings. The third kappa shape index (κ3) is 4.78. The van der Waals surface area contributed by atoms with E-state index in [2.05, 4.69) is 10.1 Å². The first-order valence-electron chi connectivity index (χ1n) is 8.13. The van der Waals surface area contributed by atoms with Crippen LogP contribution in [-0.4, -0.2) is 12.5 Å². The van der Waals surface area contributed by atoms with Gasteiger partial charge in [-0.2, -0.15) is 13.5 Å². The van der Waals surface area contributed by atoms with Crippen molar-refractivity contribution < 1.29 is 23.0 Å². The molecule has 27 heavy (non-hydrogen) atoms. The molecule has 0 saturated heterocycles. The SMILES string of the molecule is O=C(NCc1cccc[n+]1[O-])c1cccc(-c2ccc(OC(F)F)cc2)c1. The Labute approximate surface area is 154 Å². The first kappa shape index (κ1) is 18.3. The van der Waals surface area contributed by atoms with E-state index >= 15 is 0 Å². The molecule has 0 aliphatic rings. The minimum Gasteiger partial charge on any atom is -0.618 e. The average Bonchev–Trinajstić information content (AvgIpc) is 2.67. The topological polar surface area (TPSA) is 65.3 Å². The molecule has 1 heterocycles. The molecule has 0 bridgehead atoms. The summed E-state index contributed by atoms with van der Waals surface area (Å²) >= 11 is 0. The average molecular weight is 370 g/mol. The third-order valence-electron chi connectivity index (χ3n) is 3.87. The van der Waals surface area contributed by atoms with Gasteiger partial charge in [-0.1, -0.05) is 24.3 Å². The van der Waals surface area contributed by atoms with Gasteiger partial charge in [-0.15, -0.1) is 0 Å². The Hall–Kier alpha value is -3.48. The fraction of sp³-hybridized carbons (Fsp3) is 0.100. The van der Waals surface area contributed by atoms with Crippen molar-refractivity contribution in [2.75, 3.05) is 0 Å². The second-order valence-corrected chi connectivity index (χ2v) is 5.68. The molecule has 3 rings (SSSR count). The van der Waals surface area contributed by atoms with Crippen LogP contribution in [0.15, 0.2) is 72.9 Å². The number of hydrogen-bond donors (Lipinski definition) is 1. The molecule has 5 nitrogen and oxygen atoms in total. The van der Waals surface area contributed by atoms with Crippen LogP contribution >= 0.6 is 0 Å². The van der Waals surface area contributed by atoms with Crippen LogP contribution in [0.2, 0.25) is 0 Å². The van der Waals surface area contributed by atoms with Gasteiger partial charge >= 0.3 is 6.61 Å². The third-order valence-corrected chi connectivity index (χ3v) is 3.87. The van der Waals surface area contributed by atoms with Gasteiger partial charge < -0.3 is 15.3 Å². The molecule has 0 radical (unpaired) electrons. The van der Waals surface area contributed by atoms with E-state index in [1.54, 1.807) is 48.5 Å². The minimum absolute atomic E-state index is 0.0661. The largest absolute Gasteiger partial charge is 0.618 e. The van der Waals surface area contributed by atoms with Gasteiger partial charge in [0, 0.05) is 17.7 Å². The smallest absolute Gasteiger partial charge is 0.387 e. The van der Waals surface area contributed by atoms with Gasteiger partial charge in [-0.25, -0.2) is 0 Å². The number of rotatable bonds is 6. The lowest BCUT2D eigenvalue weighted by molar-refractivity contribution is -0.614. The van der Waals surface area contributed by atoms with Crippen LogP contribution in [0.3, 0.4) is 0 Å². The Morgan fingerprint density at radius 1 is 1.04 bits per heavy atom. The van der Waals surface area contributed by atoms with E-state index in [1.807, 2.05) is 6.07 Å². The molecule has 3 aromatic rings. The van der Waals surface area contributed by atoms with Crippen molar-refractivity contribution >= 4 is 5.91 Å². The summed E-state index contributed by atoms with van der Waals surface area (Å²) in [5.41, 5.74) is 2.36. The summed E-state index contributed by atoms with van der Waals surface area (Å²) in [6.45, 7) is -2.77. The second kappa shape index (κ2) is 8.27. The summed E-state index contributed by atoms with van der Waals surface area (Å²) in [5.74, 6) is -0.255. The highest BCUT2D eigenvalue weighted by Crippen LogP contribution is 2.24. The molecule has 0 saturated carbocycles. The standard InChI is InChI=1S/C20H16F2N2O3/c21-20(22)27-18-9-7-14(8-10-18)15-4-3-5-16(12-15)19(25)23-13-17-6-1-2-11-24(17)26/h1-12,20H,13H2,(H,23,25). The monoisotopic (exact) mass is 370 g/mol. The Morgan fingerprint density at radius 2 is 1.81 bits per heavy atom. The molecule has 138 valence electrons. The maximum atomic E-state index is 12.4. The van der Waals surface area contributed by atoms with Gasteiger partial charge in [0.05, 0.1) is 0 Å². The lowest BCUT2D eigenvalue weighted by Crippen LogP contribution is -2.35. The molecule has 1 aromatic heterocycles. The highest BCUT2D eigenvalue weighted by atomic mass is 19.3. The summed E-state index contributed by atoms with van der Waals surface area (Å²) in [6, 6.07) is 18.0. The fourth-order valence-corrected chi connectivity index (χ4v) is 2.54. The fourth-order valence-electron chi connectivity index (χ4n) is 2.54. The summed E-state index contributed by atoms with van der Waals surface area (Å²) in [7, 11) is 0. The Morgan fingerprint density at radius 3 is 2.52 bits per heavy atom. The van der Waals surface area contributed by atoms with Gasteiger partial charge in [-0.05, 0) is 41.5 Å². The number of pyridine rings is 1. The number of nitrogens with one attached hydrogen (secondary N) is 1. The molecule has 0 unspecified atom stereocenters. The number of aromatic nitrogens is 1. The number of benzene rings is 2. The van der Waals surface area contributed by atoms with Gasteiger partial charge in [0.15, 0.2) is 6.20 Å². The van der Waals surface area contributed by atoms with E-state index in [-0.39, 0.29) is 18.2 Å². The quantitative estimate of drug-likeness (QED) is 0.533. The number of hydrogen-bond acceptors (Lipinski definition) is 3. The molecule has 0 aliphatic carbocycles. The van der Waals surface area contributed by atoms with Crippen molar-refractivity contribution in [2.24, 2.45) is 0 Å². The normalized spacial score (nSPS) is 10.6. The zero-order valence-corrected chi connectivity index (χ0v) is 14.1. The molecule has 1 amide bonds. The maximum Gasteiger partial charge on any atom is 0.387 e.